The summed E-state index contributed by atoms with van der Waals surface area (Å²) in [4.78, 5) is 19.6. The molecule has 2 heterocycles. The Labute approximate surface area is 164 Å². The molecule has 1 spiro atoms. The van der Waals surface area contributed by atoms with E-state index in [0.717, 1.165) is 47.8 Å². The van der Waals surface area contributed by atoms with Gasteiger partial charge in [-0.3, -0.25) is 4.79 Å². The number of thiazole rings is 1. The van der Waals surface area contributed by atoms with E-state index in [4.69, 9.17) is 4.98 Å². The van der Waals surface area contributed by atoms with E-state index in [1.807, 2.05) is 0 Å². The normalized spacial score (nSPS) is 26.1. The van der Waals surface area contributed by atoms with Crippen molar-refractivity contribution in [2.45, 2.75) is 64.7 Å². The third-order valence-electron chi connectivity index (χ3n) is 6.42. The summed E-state index contributed by atoms with van der Waals surface area (Å²) in [5.74, 6) is 1.31. The van der Waals surface area contributed by atoms with Crippen LogP contribution in [0.3, 0.4) is 0 Å². The van der Waals surface area contributed by atoms with Crippen molar-refractivity contribution < 1.29 is 4.79 Å². The molecule has 5 rings (SSSR count). The minimum absolute atomic E-state index is 0.00305. The van der Waals surface area contributed by atoms with Crippen LogP contribution in [0.4, 0.5) is 5.82 Å². The molecule has 1 aromatic heterocycles. The maximum absolute atomic E-state index is 13.5. The molecule has 1 aliphatic heterocycles. The van der Waals surface area contributed by atoms with E-state index in [0.29, 0.717) is 12.2 Å². The molecule has 1 N–H and O–H groups in total. The molecule has 3 nitrogen and oxygen atoms in total. The number of Topliss-reactive ketones (excluding diaryl/α,β-unsaturated/α-hetero) is 1. The number of fused-ring (bicyclic) bond motifs is 5. The minimum Gasteiger partial charge on any atom is -0.342 e. The second kappa shape index (κ2) is 5.78. The van der Waals surface area contributed by atoms with Crippen molar-refractivity contribution in [2.75, 3.05) is 5.32 Å². The predicted molar refractivity (Wildman–Crippen MR) is 110 cm³/mol. The van der Waals surface area contributed by atoms with E-state index in [1.54, 1.807) is 11.3 Å². The number of carbonyl (C=O) groups is 1. The second-order valence-corrected chi connectivity index (χ2v) is 10.3. The molecule has 3 aliphatic rings. The number of aryl methyl sites for hydroxylation is 2. The first-order valence-corrected chi connectivity index (χ1v) is 10.8. The molecule has 2 aliphatic carbocycles. The van der Waals surface area contributed by atoms with Gasteiger partial charge in [0.25, 0.3) is 0 Å². The maximum Gasteiger partial charge on any atom is 0.162 e. The van der Waals surface area contributed by atoms with Gasteiger partial charge in [-0.25, -0.2) is 4.98 Å². The third kappa shape index (κ3) is 2.46. The molecule has 27 heavy (non-hydrogen) atoms. The third-order valence-corrected chi connectivity index (χ3v) is 7.55. The van der Waals surface area contributed by atoms with Crippen molar-refractivity contribution in [3.05, 3.63) is 56.5 Å². The van der Waals surface area contributed by atoms with Gasteiger partial charge in [-0.1, -0.05) is 44.5 Å². The maximum atomic E-state index is 13.5. The van der Waals surface area contributed by atoms with Crippen molar-refractivity contribution in [1.82, 2.24) is 4.98 Å². The Bertz CT molecular complexity index is 984. The van der Waals surface area contributed by atoms with Gasteiger partial charge in [-0.2, -0.15) is 0 Å². The number of carbonyl (C=O) groups excluding carboxylic acids is 1. The van der Waals surface area contributed by atoms with Crippen molar-refractivity contribution in [1.29, 1.82) is 0 Å². The Balaban J connectivity index is 1.86. The largest absolute Gasteiger partial charge is 0.342 e. The van der Waals surface area contributed by atoms with Gasteiger partial charge in [-0.15, -0.1) is 11.3 Å². The zero-order chi connectivity index (χ0) is 18.8. The number of allylic oxidation sites excluding steroid dienone is 2. The topological polar surface area (TPSA) is 42.0 Å². The first-order chi connectivity index (χ1) is 12.9. The van der Waals surface area contributed by atoms with Crippen LogP contribution in [-0.4, -0.2) is 10.8 Å². The number of nitrogens with zero attached hydrogens (tertiary/aromatic N) is 1. The average Bonchev–Trinajstić information content (AvgIpc) is 2.87. The SMILES string of the molecule is Cc1nc2c(s1)C1(CCCCc3ccccc31)C1=C(CC(C)(C)CC1=O)N2. The lowest BCUT2D eigenvalue weighted by Gasteiger charge is -2.45. The molecular formula is C23H26N2OS. The standard InChI is InChI=1S/C23H26N2OS/c1-14-24-21-20(27-14)23(11-7-6-9-15-8-4-5-10-16(15)23)19-17(25-21)12-22(2,3)13-18(19)26/h4-5,8,10,25H,6-7,9,11-13H2,1-3H3. The summed E-state index contributed by atoms with van der Waals surface area (Å²) in [6.45, 7) is 6.48. The van der Waals surface area contributed by atoms with Gasteiger partial charge in [0.1, 0.15) is 5.82 Å². The Morgan fingerprint density at radius 3 is 2.81 bits per heavy atom. The van der Waals surface area contributed by atoms with Crippen LogP contribution in [0.15, 0.2) is 35.5 Å². The lowest BCUT2D eigenvalue weighted by molar-refractivity contribution is -0.118. The van der Waals surface area contributed by atoms with Gasteiger partial charge in [0.2, 0.25) is 0 Å². The molecule has 0 radical (unpaired) electrons. The molecule has 1 atom stereocenters. The number of rotatable bonds is 0. The van der Waals surface area contributed by atoms with E-state index in [1.165, 1.54) is 22.4 Å². The molecule has 140 valence electrons. The zero-order valence-electron chi connectivity index (χ0n) is 16.3. The highest BCUT2D eigenvalue weighted by Gasteiger charge is 2.52. The molecular weight excluding hydrogens is 352 g/mol. The summed E-state index contributed by atoms with van der Waals surface area (Å²) >= 11 is 1.77. The molecule has 1 unspecified atom stereocenters. The first kappa shape index (κ1) is 17.2. The molecule has 4 heteroatoms. The van der Waals surface area contributed by atoms with Gasteiger partial charge in [0.15, 0.2) is 5.78 Å². The van der Waals surface area contributed by atoms with Crippen molar-refractivity contribution in [2.24, 2.45) is 5.41 Å². The molecule has 1 aromatic carbocycles. The molecule has 0 amide bonds. The van der Waals surface area contributed by atoms with Gasteiger partial charge in [0.05, 0.1) is 15.3 Å². The van der Waals surface area contributed by atoms with Crippen molar-refractivity contribution in [3.8, 4) is 0 Å². The lowest BCUT2D eigenvalue weighted by Crippen LogP contribution is -2.43. The van der Waals surface area contributed by atoms with Crippen LogP contribution in [-0.2, 0) is 16.6 Å². The van der Waals surface area contributed by atoms with Gasteiger partial charge in [-0.05, 0) is 49.1 Å². The quantitative estimate of drug-likeness (QED) is 0.655. The van der Waals surface area contributed by atoms with Crippen LogP contribution in [0.1, 0.15) is 67.0 Å². The Morgan fingerprint density at radius 1 is 1.15 bits per heavy atom. The van der Waals surface area contributed by atoms with Crippen LogP contribution >= 0.6 is 11.3 Å². The van der Waals surface area contributed by atoms with Crippen LogP contribution < -0.4 is 5.32 Å². The lowest BCUT2D eigenvalue weighted by atomic mass is 9.61. The van der Waals surface area contributed by atoms with E-state index < -0.39 is 0 Å². The fraction of sp³-hybridized carbons (Fsp3) is 0.478. The molecule has 0 bridgehead atoms. The molecule has 2 aromatic rings. The Hall–Kier alpha value is -1.94. The summed E-state index contributed by atoms with van der Waals surface area (Å²) in [7, 11) is 0. The average molecular weight is 379 g/mol. The highest BCUT2D eigenvalue weighted by atomic mass is 32.1. The Kier molecular flexibility index (Phi) is 3.68. The summed E-state index contributed by atoms with van der Waals surface area (Å²) < 4.78 is 0. The summed E-state index contributed by atoms with van der Waals surface area (Å²) in [6.07, 6.45) is 5.96. The van der Waals surface area contributed by atoms with Crippen LogP contribution in [0.25, 0.3) is 0 Å². The van der Waals surface area contributed by atoms with Crippen LogP contribution in [0.2, 0.25) is 0 Å². The summed E-state index contributed by atoms with van der Waals surface area (Å²) in [5, 5.41) is 4.66. The number of nitrogens with one attached hydrogen (secondary N) is 1. The smallest absolute Gasteiger partial charge is 0.162 e. The van der Waals surface area contributed by atoms with E-state index in [2.05, 4.69) is 50.4 Å². The number of aromatic nitrogens is 1. The molecule has 0 saturated heterocycles. The monoisotopic (exact) mass is 378 g/mol. The van der Waals surface area contributed by atoms with E-state index >= 15 is 0 Å². The number of hydrogen-bond acceptors (Lipinski definition) is 4. The second-order valence-electron chi connectivity index (χ2n) is 9.10. The van der Waals surface area contributed by atoms with Crippen molar-refractivity contribution in [3.63, 3.8) is 0 Å². The fourth-order valence-corrected chi connectivity index (χ4v) is 6.59. The number of benzene rings is 1. The fourth-order valence-electron chi connectivity index (χ4n) is 5.47. The summed E-state index contributed by atoms with van der Waals surface area (Å²) in [5.41, 5.74) is 4.57. The van der Waals surface area contributed by atoms with Gasteiger partial charge in [0, 0.05) is 17.7 Å². The highest BCUT2D eigenvalue weighted by Crippen LogP contribution is 2.57. The van der Waals surface area contributed by atoms with Gasteiger partial charge >= 0.3 is 0 Å². The van der Waals surface area contributed by atoms with Crippen molar-refractivity contribution >= 4 is 22.9 Å². The number of anilines is 1. The predicted octanol–water partition coefficient (Wildman–Crippen LogP) is 5.53. The summed E-state index contributed by atoms with van der Waals surface area (Å²) in [6, 6.07) is 8.80. The number of hydrogen-bond donors (Lipinski definition) is 1. The van der Waals surface area contributed by atoms with Crippen LogP contribution in [0, 0.1) is 12.3 Å². The Morgan fingerprint density at radius 2 is 1.96 bits per heavy atom. The van der Waals surface area contributed by atoms with E-state index in [-0.39, 0.29) is 10.8 Å². The zero-order valence-corrected chi connectivity index (χ0v) is 17.1. The van der Waals surface area contributed by atoms with Crippen LogP contribution in [0.5, 0.6) is 0 Å². The molecule has 0 saturated carbocycles. The highest BCUT2D eigenvalue weighted by molar-refractivity contribution is 7.12. The van der Waals surface area contributed by atoms with E-state index in [9.17, 15) is 4.79 Å². The molecule has 0 fully saturated rings. The first-order valence-electron chi connectivity index (χ1n) is 10.0. The minimum atomic E-state index is -0.317. The van der Waals surface area contributed by atoms with Gasteiger partial charge < -0.3 is 5.32 Å². The number of ketones is 1.